The van der Waals surface area contributed by atoms with Crippen LogP contribution in [0, 0.1) is 5.82 Å². The molecule has 1 aliphatic carbocycles. The van der Waals surface area contributed by atoms with Crippen LogP contribution in [0.25, 0.3) is 0 Å². The maximum Gasteiger partial charge on any atom is 0.317 e. The lowest BCUT2D eigenvalue weighted by molar-refractivity contribution is -0.160. The number of halogens is 1. The monoisotopic (exact) mass is 333 g/mol. The summed E-state index contributed by atoms with van der Waals surface area (Å²) < 4.78 is 18.4. The molecule has 5 heteroatoms. The lowest BCUT2D eigenvalue weighted by atomic mass is 9.64. The van der Waals surface area contributed by atoms with Crippen molar-refractivity contribution < 1.29 is 18.7 Å². The zero-order valence-electron chi connectivity index (χ0n) is 14.3. The van der Waals surface area contributed by atoms with Gasteiger partial charge in [-0.25, -0.2) is 4.39 Å². The molecule has 0 heterocycles. The van der Waals surface area contributed by atoms with Crippen LogP contribution in [-0.4, -0.2) is 36.5 Å². The second-order valence-corrected chi connectivity index (χ2v) is 6.38. The van der Waals surface area contributed by atoms with Gasteiger partial charge in [-0.1, -0.05) is 30.7 Å². The second kappa shape index (κ2) is 7.60. The fraction of sp³-hybridized carbons (Fsp3) is 0.474. The summed E-state index contributed by atoms with van der Waals surface area (Å²) in [6, 6.07) is 5.94. The smallest absolute Gasteiger partial charge is 0.317 e. The quantitative estimate of drug-likeness (QED) is 0.568. The average Bonchev–Trinajstić information content (AvgIpc) is 2.50. The second-order valence-electron chi connectivity index (χ2n) is 6.38. The van der Waals surface area contributed by atoms with Crippen LogP contribution in [-0.2, 0) is 19.7 Å². The summed E-state index contributed by atoms with van der Waals surface area (Å²) in [5, 5.41) is 0. The van der Waals surface area contributed by atoms with Crippen LogP contribution >= 0.6 is 0 Å². The Labute approximate surface area is 142 Å². The number of rotatable bonds is 7. The molecule has 0 aromatic heterocycles. The van der Waals surface area contributed by atoms with Gasteiger partial charge in [-0.15, -0.1) is 0 Å². The van der Waals surface area contributed by atoms with E-state index >= 15 is 0 Å². The maximum absolute atomic E-state index is 13.1. The van der Waals surface area contributed by atoms with Crippen molar-refractivity contribution in [3.05, 3.63) is 47.8 Å². The number of nitrogens with zero attached hydrogens (tertiary/aromatic N) is 1. The van der Waals surface area contributed by atoms with Crippen LogP contribution in [0.4, 0.5) is 4.39 Å². The average molecular weight is 333 g/mol. The zero-order chi connectivity index (χ0) is 17.7. The van der Waals surface area contributed by atoms with Gasteiger partial charge in [0.15, 0.2) is 6.61 Å². The van der Waals surface area contributed by atoms with Gasteiger partial charge in [-0.05, 0) is 44.4 Å². The lowest BCUT2D eigenvalue weighted by Crippen LogP contribution is -2.45. The molecule has 130 valence electrons. The van der Waals surface area contributed by atoms with E-state index < -0.39 is 11.4 Å². The largest absolute Gasteiger partial charge is 0.455 e. The van der Waals surface area contributed by atoms with Crippen molar-refractivity contribution in [1.29, 1.82) is 0 Å². The number of carbonyl (C=O) groups excluding carboxylic acids is 2. The van der Waals surface area contributed by atoms with Gasteiger partial charge in [-0.2, -0.15) is 0 Å². The molecule has 1 aromatic carbocycles. The van der Waals surface area contributed by atoms with E-state index in [1.54, 1.807) is 17.0 Å². The molecule has 24 heavy (non-hydrogen) atoms. The summed E-state index contributed by atoms with van der Waals surface area (Å²) >= 11 is 0. The molecule has 1 amide bonds. The third kappa shape index (κ3) is 3.83. The Hall–Kier alpha value is -2.17. The van der Waals surface area contributed by atoms with Crippen molar-refractivity contribution in [2.45, 2.75) is 38.5 Å². The van der Waals surface area contributed by atoms with E-state index in [0.29, 0.717) is 25.9 Å². The highest BCUT2D eigenvalue weighted by molar-refractivity contribution is 5.87. The minimum atomic E-state index is -0.737. The van der Waals surface area contributed by atoms with Crippen LogP contribution < -0.4 is 0 Å². The van der Waals surface area contributed by atoms with Crippen molar-refractivity contribution in [3.8, 4) is 0 Å². The Balaban J connectivity index is 2.01. The highest BCUT2D eigenvalue weighted by atomic mass is 19.1. The fourth-order valence-corrected chi connectivity index (χ4v) is 2.97. The van der Waals surface area contributed by atoms with Gasteiger partial charge in [0, 0.05) is 13.1 Å². The summed E-state index contributed by atoms with van der Waals surface area (Å²) in [6.45, 7) is 8.23. The Morgan fingerprint density at radius 3 is 2.38 bits per heavy atom. The topological polar surface area (TPSA) is 46.6 Å². The Bertz CT molecular complexity index is 620. The first-order valence-corrected chi connectivity index (χ1v) is 8.24. The predicted molar refractivity (Wildman–Crippen MR) is 90.0 cm³/mol. The van der Waals surface area contributed by atoms with E-state index in [9.17, 15) is 14.0 Å². The molecule has 0 saturated heterocycles. The SMILES string of the molecule is C=C(C)CN(CC)C(=O)COC(=O)C1(c2ccc(F)cc2)CCC1. The molecule has 1 saturated carbocycles. The molecule has 1 fully saturated rings. The van der Waals surface area contributed by atoms with Crippen molar-refractivity contribution in [2.75, 3.05) is 19.7 Å². The molecular formula is C19H24FNO3. The summed E-state index contributed by atoms with van der Waals surface area (Å²) in [7, 11) is 0. The van der Waals surface area contributed by atoms with Gasteiger partial charge in [0.2, 0.25) is 0 Å². The first-order valence-electron chi connectivity index (χ1n) is 8.24. The Morgan fingerprint density at radius 2 is 1.92 bits per heavy atom. The molecule has 2 rings (SSSR count). The molecule has 0 atom stereocenters. The number of esters is 1. The summed E-state index contributed by atoms with van der Waals surface area (Å²) in [5.41, 5.74) is 0.888. The standard InChI is InChI=1S/C19H24FNO3/c1-4-21(12-14(2)3)17(22)13-24-18(23)19(10-5-11-19)15-6-8-16(20)9-7-15/h6-9H,2,4-5,10-13H2,1,3H3. The maximum atomic E-state index is 13.1. The van der Waals surface area contributed by atoms with E-state index in [4.69, 9.17) is 4.74 Å². The number of benzene rings is 1. The van der Waals surface area contributed by atoms with E-state index in [2.05, 4.69) is 6.58 Å². The fourth-order valence-electron chi connectivity index (χ4n) is 2.97. The number of hydrogen-bond donors (Lipinski definition) is 0. The summed E-state index contributed by atoms with van der Waals surface area (Å²) in [6.07, 6.45) is 2.24. The highest BCUT2D eigenvalue weighted by Gasteiger charge is 2.47. The number of carbonyl (C=O) groups is 2. The van der Waals surface area contributed by atoms with Crippen LogP contribution in [0.5, 0.6) is 0 Å². The van der Waals surface area contributed by atoms with E-state index in [1.165, 1.54) is 12.1 Å². The molecule has 1 aliphatic rings. The third-order valence-corrected chi connectivity index (χ3v) is 4.52. The number of likely N-dealkylation sites (N-methyl/N-ethyl adjacent to an activating group) is 1. The predicted octanol–water partition coefficient (Wildman–Crippen LogP) is 3.22. The first-order chi connectivity index (χ1) is 11.4. The molecule has 0 N–H and O–H groups in total. The van der Waals surface area contributed by atoms with E-state index in [-0.39, 0.29) is 18.3 Å². The van der Waals surface area contributed by atoms with Crippen molar-refractivity contribution in [1.82, 2.24) is 4.90 Å². The highest BCUT2D eigenvalue weighted by Crippen LogP contribution is 2.44. The molecule has 4 nitrogen and oxygen atoms in total. The van der Waals surface area contributed by atoms with Gasteiger partial charge < -0.3 is 9.64 Å². The van der Waals surface area contributed by atoms with Gasteiger partial charge in [0.05, 0.1) is 5.41 Å². The minimum absolute atomic E-state index is 0.234. The number of amides is 1. The molecule has 0 bridgehead atoms. The van der Waals surface area contributed by atoms with Crippen LogP contribution in [0.1, 0.15) is 38.7 Å². The first kappa shape index (κ1) is 18.2. The van der Waals surface area contributed by atoms with Crippen molar-refractivity contribution in [3.63, 3.8) is 0 Å². The summed E-state index contributed by atoms with van der Waals surface area (Å²) in [5.74, 6) is -0.974. The van der Waals surface area contributed by atoms with Crippen molar-refractivity contribution in [2.24, 2.45) is 0 Å². The van der Waals surface area contributed by atoms with E-state index in [1.807, 2.05) is 13.8 Å². The number of ether oxygens (including phenoxy) is 1. The Morgan fingerprint density at radius 1 is 1.29 bits per heavy atom. The number of hydrogen-bond acceptors (Lipinski definition) is 3. The van der Waals surface area contributed by atoms with E-state index in [0.717, 1.165) is 17.6 Å². The molecule has 0 unspecified atom stereocenters. The van der Waals surface area contributed by atoms with Crippen molar-refractivity contribution >= 4 is 11.9 Å². The molecule has 0 spiro atoms. The van der Waals surface area contributed by atoms with Crippen LogP contribution in [0.15, 0.2) is 36.4 Å². The van der Waals surface area contributed by atoms with Gasteiger partial charge in [0.1, 0.15) is 5.82 Å². The lowest BCUT2D eigenvalue weighted by Gasteiger charge is -2.39. The van der Waals surface area contributed by atoms with Crippen LogP contribution in [0.3, 0.4) is 0 Å². The Kier molecular flexibility index (Phi) is 5.75. The van der Waals surface area contributed by atoms with Gasteiger partial charge >= 0.3 is 5.97 Å². The molecule has 0 radical (unpaired) electrons. The zero-order valence-corrected chi connectivity index (χ0v) is 14.3. The molecular weight excluding hydrogens is 309 g/mol. The molecule has 1 aromatic rings. The third-order valence-electron chi connectivity index (χ3n) is 4.52. The minimum Gasteiger partial charge on any atom is -0.455 e. The van der Waals surface area contributed by atoms with Crippen LogP contribution in [0.2, 0.25) is 0 Å². The summed E-state index contributed by atoms with van der Waals surface area (Å²) in [4.78, 5) is 26.4. The van der Waals surface area contributed by atoms with Gasteiger partial charge in [-0.3, -0.25) is 9.59 Å². The van der Waals surface area contributed by atoms with Gasteiger partial charge in [0.25, 0.3) is 5.91 Å². The molecule has 0 aliphatic heterocycles. The normalized spacial score (nSPS) is 15.3.